The van der Waals surface area contributed by atoms with Gasteiger partial charge in [-0.05, 0) is 70.6 Å². The minimum absolute atomic E-state index is 0.396. The van der Waals surface area contributed by atoms with E-state index in [1.54, 1.807) is 0 Å². The molecule has 0 radical (unpaired) electrons. The second-order valence-electron chi connectivity index (χ2n) is 7.42. The summed E-state index contributed by atoms with van der Waals surface area (Å²) in [7, 11) is 0. The Labute approximate surface area is 173 Å². The largest absolute Gasteiger partial charge is 0.357 e. The maximum Gasteiger partial charge on any atom is 0.191 e. The van der Waals surface area contributed by atoms with E-state index in [0.717, 1.165) is 44.3 Å². The first-order valence-corrected chi connectivity index (χ1v) is 11.4. The van der Waals surface area contributed by atoms with Crippen LogP contribution < -0.4 is 10.6 Å². The lowest BCUT2D eigenvalue weighted by Crippen LogP contribution is -2.39. The molecule has 7 heteroatoms. The summed E-state index contributed by atoms with van der Waals surface area (Å²) < 4.78 is 2.08. The summed E-state index contributed by atoms with van der Waals surface area (Å²) in [4.78, 5) is 8.92. The molecular weight excluding hydrogens is 368 g/mol. The Bertz CT molecular complexity index is 730. The van der Waals surface area contributed by atoms with Crippen LogP contribution in [0.3, 0.4) is 0 Å². The first kappa shape index (κ1) is 20.9. The van der Waals surface area contributed by atoms with Gasteiger partial charge in [0.15, 0.2) is 5.96 Å². The normalized spacial score (nSPS) is 16.5. The van der Waals surface area contributed by atoms with Gasteiger partial charge in [-0.1, -0.05) is 6.07 Å². The predicted molar refractivity (Wildman–Crippen MR) is 118 cm³/mol. The first-order valence-electron chi connectivity index (χ1n) is 10.5. The smallest absolute Gasteiger partial charge is 0.191 e. The third-order valence-electron chi connectivity index (χ3n) is 5.16. The fraction of sp³-hybridized carbons (Fsp3) is 0.619. The van der Waals surface area contributed by atoms with E-state index >= 15 is 0 Å². The van der Waals surface area contributed by atoms with Crippen molar-refractivity contribution in [3.05, 3.63) is 39.8 Å². The van der Waals surface area contributed by atoms with Crippen molar-refractivity contribution in [2.24, 2.45) is 4.99 Å². The van der Waals surface area contributed by atoms with Crippen molar-refractivity contribution in [3.63, 3.8) is 0 Å². The molecule has 0 aliphatic carbocycles. The third-order valence-corrected chi connectivity index (χ3v) is 6.14. The molecule has 2 aromatic rings. The monoisotopic (exact) mass is 402 g/mol. The van der Waals surface area contributed by atoms with Gasteiger partial charge in [-0.15, -0.1) is 11.3 Å². The second-order valence-corrected chi connectivity index (χ2v) is 8.40. The minimum atomic E-state index is 0.396. The van der Waals surface area contributed by atoms with Gasteiger partial charge in [0, 0.05) is 30.2 Å². The standard InChI is InChI=1S/C21H34N6S/c1-4-22-21(23-10-8-13-27-18(3)15-17(2)25-27)24-16-19(20-9-7-14-28-20)26-11-5-6-12-26/h7,9,14-15,19H,4-6,8,10-13,16H2,1-3H3,(H2,22,23,24). The number of guanidine groups is 1. The van der Waals surface area contributed by atoms with Gasteiger partial charge >= 0.3 is 0 Å². The molecule has 1 aliphatic rings. The zero-order chi connectivity index (χ0) is 19.8. The summed E-state index contributed by atoms with van der Waals surface area (Å²) in [6.07, 6.45) is 3.62. The Morgan fingerprint density at radius 1 is 1.29 bits per heavy atom. The lowest BCUT2D eigenvalue weighted by atomic mass is 10.2. The fourth-order valence-corrected chi connectivity index (χ4v) is 4.63. The highest BCUT2D eigenvalue weighted by atomic mass is 32.1. The molecule has 0 saturated carbocycles. The SMILES string of the molecule is CCNC(=NCC(c1cccs1)N1CCCC1)NCCCn1nc(C)cc1C. The van der Waals surface area contributed by atoms with Crippen LogP contribution in [0.25, 0.3) is 0 Å². The van der Waals surface area contributed by atoms with E-state index < -0.39 is 0 Å². The summed E-state index contributed by atoms with van der Waals surface area (Å²) in [6.45, 7) is 12.1. The van der Waals surface area contributed by atoms with Crippen LogP contribution in [-0.4, -0.2) is 53.4 Å². The molecule has 1 unspecified atom stereocenters. The lowest BCUT2D eigenvalue weighted by molar-refractivity contribution is 0.255. The number of thiophene rings is 1. The van der Waals surface area contributed by atoms with Gasteiger partial charge in [0.25, 0.3) is 0 Å². The second kappa shape index (κ2) is 10.6. The van der Waals surface area contributed by atoms with Crippen LogP contribution in [0.4, 0.5) is 0 Å². The number of hydrogen-bond acceptors (Lipinski definition) is 4. The fourth-order valence-electron chi connectivity index (χ4n) is 3.78. The number of aromatic nitrogens is 2. The number of rotatable bonds is 9. The van der Waals surface area contributed by atoms with E-state index in [-0.39, 0.29) is 0 Å². The average molecular weight is 403 g/mol. The lowest BCUT2D eigenvalue weighted by Gasteiger charge is -2.25. The van der Waals surface area contributed by atoms with Crippen LogP contribution in [0.15, 0.2) is 28.6 Å². The van der Waals surface area contributed by atoms with Crippen molar-refractivity contribution in [1.82, 2.24) is 25.3 Å². The molecule has 28 heavy (non-hydrogen) atoms. The van der Waals surface area contributed by atoms with Crippen molar-refractivity contribution in [2.75, 3.05) is 32.7 Å². The molecule has 2 N–H and O–H groups in total. The quantitative estimate of drug-likeness (QED) is 0.384. The zero-order valence-electron chi connectivity index (χ0n) is 17.4. The molecule has 1 fully saturated rings. The molecule has 0 amide bonds. The molecule has 1 saturated heterocycles. The number of hydrogen-bond donors (Lipinski definition) is 2. The molecule has 3 heterocycles. The number of likely N-dealkylation sites (tertiary alicyclic amines) is 1. The highest BCUT2D eigenvalue weighted by Crippen LogP contribution is 2.28. The molecule has 0 bridgehead atoms. The summed E-state index contributed by atoms with van der Waals surface area (Å²) in [5.41, 5.74) is 2.31. The highest BCUT2D eigenvalue weighted by Gasteiger charge is 2.24. The molecule has 1 aliphatic heterocycles. The summed E-state index contributed by atoms with van der Waals surface area (Å²) in [5.74, 6) is 0.914. The number of nitrogens with zero attached hydrogens (tertiary/aromatic N) is 4. The van der Waals surface area contributed by atoms with E-state index in [0.29, 0.717) is 6.04 Å². The molecule has 0 aromatic carbocycles. The highest BCUT2D eigenvalue weighted by molar-refractivity contribution is 7.10. The number of aliphatic imine (C=N–C) groups is 1. The number of nitrogens with one attached hydrogen (secondary N) is 2. The summed E-state index contributed by atoms with van der Waals surface area (Å²) in [5, 5.41) is 13.6. The van der Waals surface area contributed by atoms with Gasteiger partial charge in [-0.25, -0.2) is 0 Å². The Balaban J connectivity index is 1.54. The number of aryl methyl sites for hydroxylation is 3. The van der Waals surface area contributed by atoms with Gasteiger partial charge in [0.05, 0.1) is 18.3 Å². The molecule has 0 spiro atoms. The van der Waals surface area contributed by atoms with Crippen molar-refractivity contribution in [1.29, 1.82) is 0 Å². The van der Waals surface area contributed by atoms with Crippen molar-refractivity contribution >= 4 is 17.3 Å². The zero-order valence-corrected chi connectivity index (χ0v) is 18.3. The van der Waals surface area contributed by atoms with Crippen molar-refractivity contribution in [2.45, 2.75) is 52.6 Å². The van der Waals surface area contributed by atoms with Crippen LogP contribution in [0.5, 0.6) is 0 Å². The predicted octanol–water partition coefficient (Wildman–Crippen LogP) is 3.34. The van der Waals surface area contributed by atoms with E-state index in [9.17, 15) is 0 Å². The Hall–Kier alpha value is -1.86. The summed E-state index contributed by atoms with van der Waals surface area (Å²) in [6, 6.07) is 6.92. The molecule has 3 rings (SSSR count). The van der Waals surface area contributed by atoms with Crippen LogP contribution in [0.2, 0.25) is 0 Å². The van der Waals surface area contributed by atoms with Crippen molar-refractivity contribution < 1.29 is 0 Å². The van der Waals surface area contributed by atoms with Gasteiger partial charge in [-0.3, -0.25) is 14.6 Å². The Morgan fingerprint density at radius 2 is 2.11 bits per heavy atom. The van der Waals surface area contributed by atoms with Gasteiger partial charge < -0.3 is 10.6 Å². The first-order chi connectivity index (χ1) is 13.7. The van der Waals surface area contributed by atoms with Gasteiger partial charge in [0.2, 0.25) is 0 Å². The molecule has 1 atom stereocenters. The van der Waals surface area contributed by atoms with Gasteiger partial charge in [0.1, 0.15) is 0 Å². The maximum atomic E-state index is 4.92. The molecule has 6 nitrogen and oxygen atoms in total. The topological polar surface area (TPSA) is 57.5 Å². The van der Waals surface area contributed by atoms with E-state index in [1.165, 1.54) is 36.5 Å². The van der Waals surface area contributed by atoms with E-state index in [4.69, 9.17) is 4.99 Å². The molecule has 154 valence electrons. The molecule has 2 aromatic heterocycles. The Kier molecular flexibility index (Phi) is 7.91. The van der Waals surface area contributed by atoms with Gasteiger partial charge in [-0.2, -0.15) is 5.10 Å². The van der Waals surface area contributed by atoms with Crippen LogP contribution in [-0.2, 0) is 6.54 Å². The van der Waals surface area contributed by atoms with Crippen molar-refractivity contribution in [3.8, 4) is 0 Å². The average Bonchev–Trinajstić information content (AvgIpc) is 3.42. The van der Waals surface area contributed by atoms with Crippen LogP contribution >= 0.6 is 11.3 Å². The minimum Gasteiger partial charge on any atom is -0.357 e. The van der Waals surface area contributed by atoms with Crippen LogP contribution in [0, 0.1) is 13.8 Å². The van der Waals surface area contributed by atoms with E-state index in [1.807, 2.05) is 18.3 Å². The van der Waals surface area contributed by atoms with Crippen LogP contribution in [0.1, 0.15) is 48.5 Å². The Morgan fingerprint density at radius 3 is 2.75 bits per heavy atom. The maximum absolute atomic E-state index is 4.92. The van der Waals surface area contributed by atoms with E-state index in [2.05, 4.69) is 62.7 Å². The molecular formula is C21H34N6S. The summed E-state index contributed by atoms with van der Waals surface area (Å²) >= 11 is 1.84. The third kappa shape index (κ3) is 5.82.